The van der Waals surface area contributed by atoms with Crippen molar-refractivity contribution in [3.05, 3.63) is 11.6 Å². The predicted molar refractivity (Wildman–Crippen MR) is 87.2 cm³/mol. The Kier molecular flexibility index (Phi) is 2.95. The standard InChI is InChI=1S/C20H30O2/c1-18(2)9-5-10-20(4)15(18)8-11-19(3)14-12-22-17(21)13(14)6-7-16(19)20/h6,14-16H,5,7-12H2,1-4H3/t14-,15+,16+,19+,20+/m1/s1. The summed E-state index contributed by atoms with van der Waals surface area (Å²) < 4.78 is 5.42. The van der Waals surface area contributed by atoms with Crippen molar-refractivity contribution in [1.29, 1.82) is 0 Å². The van der Waals surface area contributed by atoms with Gasteiger partial charge in [-0.15, -0.1) is 0 Å². The van der Waals surface area contributed by atoms with Gasteiger partial charge in [0.15, 0.2) is 0 Å². The Morgan fingerprint density at radius 2 is 1.82 bits per heavy atom. The fraction of sp³-hybridized carbons (Fsp3) is 0.850. The number of hydrogen-bond acceptors (Lipinski definition) is 2. The highest BCUT2D eigenvalue weighted by molar-refractivity contribution is 5.91. The Morgan fingerprint density at radius 3 is 2.59 bits per heavy atom. The Labute approximate surface area is 134 Å². The van der Waals surface area contributed by atoms with Crippen LogP contribution in [0.25, 0.3) is 0 Å². The molecule has 5 atom stereocenters. The number of allylic oxidation sites excluding steroid dienone is 1. The first-order valence-electron chi connectivity index (χ1n) is 9.16. The van der Waals surface area contributed by atoms with Crippen LogP contribution in [0.5, 0.6) is 0 Å². The number of carbonyl (C=O) groups excluding carboxylic acids is 1. The van der Waals surface area contributed by atoms with Crippen LogP contribution >= 0.6 is 0 Å². The molecule has 0 aromatic heterocycles. The van der Waals surface area contributed by atoms with E-state index in [-0.39, 0.29) is 11.4 Å². The molecule has 0 aromatic rings. The smallest absolute Gasteiger partial charge is 0.334 e. The summed E-state index contributed by atoms with van der Waals surface area (Å²) in [6.07, 6.45) is 10.0. The normalized spacial score (nSPS) is 49.5. The van der Waals surface area contributed by atoms with Gasteiger partial charge in [-0.2, -0.15) is 0 Å². The molecule has 1 saturated heterocycles. The lowest BCUT2D eigenvalue weighted by molar-refractivity contribution is -0.145. The zero-order chi connectivity index (χ0) is 15.8. The van der Waals surface area contributed by atoms with Gasteiger partial charge in [-0.1, -0.05) is 40.2 Å². The van der Waals surface area contributed by atoms with E-state index < -0.39 is 0 Å². The fourth-order valence-electron chi connectivity index (χ4n) is 7.13. The fourth-order valence-corrected chi connectivity index (χ4v) is 7.13. The quantitative estimate of drug-likeness (QED) is 0.604. The van der Waals surface area contributed by atoms with Crippen molar-refractivity contribution >= 4 is 5.97 Å². The molecule has 0 bridgehead atoms. The molecular formula is C20H30O2. The highest BCUT2D eigenvalue weighted by Crippen LogP contribution is 2.68. The Bertz CT molecular complexity index is 546. The first kappa shape index (κ1) is 14.8. The van der Waals surface area contributed by atoms with Crippen molar-refractivity contribution in [2.75, 3.05) is 6.61 Å². The first-order valence-corrected chi connectivity index (χ1v) is 9.16. The van der Waals surface area contributed by atoms with Gasteiger partial charge in [0.1, 0.15) is 0 Å². The predicted octanol–water partition coefficient (Wildman–Crippen LogP) is 4.74. The molecule has 122 valence electrons. The zero-order valence-electron chi connectivity index (χ0n) is 14.6. The van der Waals surface area contributed by atoms with E-state index >= 15 is 0 Å². The molecule has 1 aliphatic heterocycles. The second kappa shape index (κ2) is 4.39. The van der Waals surface area contributed by atoms with Crippen LogP contribution in [0.3, 0.4) is 0 Å². The van der Waals surface area contributed by atoms with E-state index in [0.717, 1.165) is 17.9 Å². The molecule has 0 amide bonds. The lowest BCUT2D eigenvalue weighted by atomic mass is 9.40. The van der Waals surface area contributed by atoms with Crippen LogP contribution < -0.4 is 0 Å². The van der Waals surface area contributed by atoms with Gasteiger partial charge in [-0.05, 0) is 60.2 Å². The molecule has 4 aliphatic rings. The molecule has 0 radical (unpaired) electrons. The summed E-state index contributed by atoms with van der Waals surface area (Å²) in [5.41, 5.74) is 2.16. The highest BCUT2D eigenvalue weighted by atomic mass is 16.5. The van der Waals surface area contributed by atoms with Gasteiger partial charge in [0.25, 0.3) is 0 Å². The average Bonchev–Trinajstić information content (AvgIpc) is 2.80. The highest BCUT2D eigenvalue weighted by Gasteiger charge is 2.62. The minimum atomic E-state index is -0.0408. The summed E-state index contributed by atoms with van der Waals surface area (Å²) in [5, 5.41) is 0. The first-order chi connectivity index (χ1) is 10.3. The molecule has 3 aliphatic carbocycles. The van der Waals surface area contributed by atoms with Crippen LogP contribution in [0.2, 0.25) is 0 Å². The van der Waals surface area contributed by atoms with E-state index in [0.29, 0.717) is 29.3 Å². The van der Waals surface area contributed by atoms with Gasteiger partial charge in [0.2, 0.25) is 0 Å². The van der Waals surface area contributed by atoms with Crippen molar-refractivity contribution < 1.29 is 9.53 Å². The molecule has 2 nitrogen and oxygen atoms in total. The van der Waals surface area contributed by atoms with Gasteiger partial charge in [-0.25, -0.2) is 4.79 Å². The van der Waals surface area contributed by atoms with E-state index in [1.165, 1.54) is 32.1 Å². The zero-order valence-corrected chi connectivity index (χ0v) is 14.6. The molecule has 0 unspecified atom stereocenters. The van der Waals surface area contributed by atoms with Gasteiger partial charge in [0.05, 0.1) is 6.61 Å². The SMILES string of the molecule is CC1(C)CCC[C@]2(C)[C@H]3CC=C4C(=O)OC[C@H]4[C@]3(C)CC[C@@H]12. The summed E-state index contributed by atoms with van der Waals surface area (Å²) in [6.45, 7) is 10.6. The number of ether oxygens (including phenoxy) is 1. The topological polar surface area (TPSA) is 26.3 Å². The largest absolute Gasteiger partial charge is 0.462 e. The van der Waals surface area contributed by atoms with Crippen LogP contribution in [0.15, 0.2) is 11.6 Å². The minimum absolute atomic E-state index is 0.0408. The minimum Gasteiger partial charge on any atom is -0.462 e. The number of rotatable bonds is 0. The van der Waals surface area contributed by atoms with Crippen molar-refractivity contribution in [1.82, 2.24) is 0 Å². The maximum absolute atomic E-state index is 12.0. The number of cyclic esters (lactones) is 1. The van der Waals surface area contributed by atoms with E-state index in [9.17, 15) is 4.79 Å². The maximum atomic E-state index is 12.0. The maximum Gasteiger partial charge on any atom is 0.334 e. The Morgan fingerprint density at radius 1 is 1.05 bits per heavy atom. The number of fused-ring (bicyclic) bond motifs is 5. The summed E-state index contributed by atoms with van der Waals surface area (Å²) in [4.78, 5) is 12.0. The Balaban J connectivity index is 1.76. The number of esters is 1. The third-order valence-corrected chi connectivity index (χ3v) is 8.20. The average molecular weight is 302 g/mol. The van der Waals surface area contributed by atoms with Crippen molar-refractivity contribution in [2.45, 2.75) is 66.2 Å². The molecule has 0 spiro atoms. The third-order valence-electron chi connectivity index (χ3n) is 8.20. The van der Waals surface area contributed by atoms with E-state index in [1.807, 2.05) is 0 Å². The lowest BCUT2D eigenvalue weighted by Gasteiger charge is -2.64. The Hall–Kier alpha value is -0.790. The van der Waals surface area contributed by atoms with Gasteiger partial charge in [0, 0.05) is 11.5 Å². The summed E-state index contributed by atoms with van der Waals surface area (Å²) in [6, 6.07) is 0. The lowest BCUT2D eigenvalue weighted by Crippen LogP contribution is -2.57. The van der Waals surface area contributed by atoms with Crippen LogP contribution in [0.4, 0.5) is 0 Å². The molecule has 1 heterocycles. The van der Waals surface area contributed by atoms with Crippen LogP contribution in [-0.2, 0) is 9.53 Å². The summed E-state index contributed by atoms with van der Waals surface area (Å²) in [5.74, 6) is 1.85. The molecule has 0 aromatic carbocycles. The molecule has 22 heavy (non-hydrogen) atoms. The van der Waals surface area contributed by atoms with E-state index in [2.05, 4.69) is 33.8 Å². The molecule has 0 N–H and O–H groups in total. The third kappa shape index (κ3) is 1.70. The summed E-state index contributed by atoms with van der Waals surface area (Å²) in [7, 11) is 0. The van der Waals surface area contributed by atoms with Crippen molar-refractivity contribution in [3.63, 3.8) is 0 Å². The molecule has 2 heteroatoms. The van der Waals surface area contributed by atoms with Crippen LogP contribution in [0, 0.1) is 34.0 Å². The number of hydrogen-bond donors (Lipinski definition) is 0. The molecular weight excluding hydrogens is 272 g/mol. The molecule has 2 saturated carbocycles. The second-order valence-corrected chi connectivity index (χ2v) is 9.54. The van der Waals surface area contributed by atoms with Gasteiger partial charge >= 0.3 is 5.97 Å². The van der Waals surface area contributed by atoms with E-state index in [4.69, 9.17) is 4.74 Å². The van der Waals surface area contributed by atoms with Crippen LogP contribution in [-0.4, -0.2) is 12.6 Å². The van der Waals surface area contributed by atoms with Crippen molar-refractivity contribution in [3.8, 4) is 0 Å². The molecule has 3 fully saturated rings. The molecule has 4 rings (SSSR count). The van der Waals surface area contributed by atoms with Crippen LogP contribution in [0.1, 0.15) is 66.2 Å². The number of carbonyl (C=O) groups is 1. The summed E-state index contributed by atoms with van der Waals surface area (Å²) >= 11 is 0. The van der Waals surface area contributed by atoms with E-state index in [1.54, 1.807) is 0 Å². The van der Waals surface area contributed by atoms with Gasteiger partial charge in [-0.3, -0.25) is 0 Å². The monoisotopic (exact) mass is 302 g/mol. The van der Waals surface area contributed by atoms with Gasteiger partial charge < -0.3 is 4.74 Å². The second-order valence-electron chi connectivity index (χ2n) is 9.54. The van der Waals surface area contributed by atoms with Crippen molar-refractivity contribution in [2.24, 2.45) is 34.0 Å².